The number of hydrogen-bond donors (Lipinski definition) is 1. The lowest BCUT2D eigenvalue weighted by Crippen LogP contribution is -1.99. The van der Waals surface area contributed by atoms with Crippen molar-refractivity contribution in [1.82, 2.24) is 0 Å². The Labute approximate surface area is 122 Å². The van der Waals surface area contributed by atoms with Gasteiger partial charge in [0.2, 0.25) is 0 Å². The Kier molecular flexibility index (Phi) is 4.50. The van der Waals surface area contributed by atoms with Crippen molar-refractivity contribution in [1.29, 1.82) is 0 Å². The van der Waals surface area contributed by atoms with Crippen molar-refractivity contribution in [3.8, 4) is 0 Å². The largest absolute Gasteiger partial charge is 0.387 e. The predicted octanol–water partition coefficient (Wildman–Crippen LogP) is 5.09. The summed E-state index contributed by atoms with van der Waals surface area (Å²) in [6.07, 6.45) is -0.0909. The lowest BCUT2D eigenvalue weighted by Gasteiger charge is -2.09. The molecule has 2 aromatic rings. The fourth-order valence-corrected chi connectivity index (χ4v) is 3.44. The zero-order valence-corrected chi connectivity index (χ0v) is 12.6. The molecule has 90 valence electrons. The van der Waals surface area contributed by atoms with Crippen LogP contribution >= 0.6 is 50.5 Å². The molecule has 0 bridgehead atoms. The molecule has 0 saturated heterocycles. The van der Waals surface area contributed by atoms with E-state index in [2.05, 4.69) is 15.9 Å². The maximum atomic E-state index is 10.1. The maximum Gasteiger partial charge on any atom is 0.107 e. The summed E-state index contributed by atoms with van der Waals surface area (Å²) < 4.78 is 1.47. The third-order valence-corrected chi connectivity index (χ3v) is 5.31. The van der Waals surface area contributed by atoms with E-state index in [0.29, 0.717) is 15.8 Å². The Morgan fingerprint density at radius 3 is 2.59 bits per heavy atom. The quantitative estimate of drug-likeness (QED) is 0.816. The minimum Gasteiger partial charge on any atom is -0.387 e. The van der Waals surface area contributed by atoms with Gasteiger partial charge in [-0.3, -0.25) is 0 Å². The molecule has 17 heavy (non-hydrogen) atoms. The number of aliphatic hydroxyl groups is 1. The van der Waals surface area contributed by atoms with E-state index in [1.54, 1.807) is 0 Å². The average molecular weight is 352 g/mol. The van der Waals surface area contributed by atoms with Gasteiger partial charge in [-0.2, -0.15) is 0 Å². The highest BCUT2D eigenvalue weighted by Crippen LogP contribution is 2.36. The van der Waals surface area contributed by atoms with Crippen LogP contribution in [0.5, 0.6) is 0 Å². The Bertz CT molecular complexity index is 507. The molecule has 1 N–H and O–H groups in total. The Hall–Kier alpha value is -0.0600. The van der Waals surface area contributed by atoms with Crippen molar-refractivity contribution in [3.63, 3.8) is 0 Å². The van der Waals surface area contributed by atoms with E-state index < -0.39 is 6.10 Å². The zero-order valence-electron chi connectivity index (χ0n) is 8.66. The molecule has 0 fully saturated rings. The van der Waals surface area contributed by atoms with E-state index in [9.17, 15) is 5.11 Å². The van der Waals surface area contributed by atoms with Crippen molar-refractivity contribution in [2.75, 3.05) is 0 Å². The minimum atomic E-state index is -0.580. The molecule has 0 aliphatic carbocycles. The lowest BCUT2D eigenvalue weighted by atomic mass is 10.1. The topological polar surface area (TPSA) is 20.2 Å². The highest BCUT2D eigenvalue weighted by molar-refractivity contribution is 9.10. The van der Waals surface area contributed by atoms with E-state index in [-0.39, 0.29) is 0 Å². The van der Waals surface area contributed by atoms with Gasteiger partial charge in [-0.25, -0.2) is 0 Å². The van der Waals surface area contributed by atoms with E-state index in [0.717, 1.165) is 14.9 Å². The molecular formula is C12H9BrCl2OS. The van der Waals surface area contributed by atoms with Gasteiger partial charge in [0.25, 0.3) is 0 Å². The summed E-state index contributed by atoms with van der Waals surface area (Å²) in [6, 6.07) is 9.35. The van der Waals surface area contributed by atoms with Gasteiger partial charge in [-0.05, 0) is 33.6 Å². The number of aliphatic hydroxyl groups excluding tert-OH is 1. The normalized spacial score (nSPS) is 12.7. The first kappa shape index (κ1) is 13.4. The van der Waals surface area contributed by atoms with Crippen LogP contribution in [0.15, 0.2) is 34.8 Å². The van der Waals surface area contributed by atoms with Gasteiger partial charge in [0.15, 0.2) is 0 Å². The Morgan fingerprint density at radius 1 is 1.29 bits per heavy atom. The van der Waals surface area contributed by atoms with Crippen LogP contribution in [0.1, 0.15) is 16.5 Å². The molecule has 5 heteroatoms. The fraction of sp³-hybridized carbons (Fsp3) is 0.167. The van der Waals surface area contributed by atoms with Crippen molar-refractivity contribution >= 4 is 50.5 Å². The van der Waals surface area contributed by atoms with E-state index in [1.807, 2.05) is 30.3 Å². The van der Waals surface area contributed by atoms with Crippen LogP contribution in [0.2, 0.25) is 9.36 Å². The highest BCUT2D eigenvalue weighted by Gasteiger charge is 2.15. The van der Waals surface area contributed by atoms with Crippen LogP contribution in [0.3, 0.4) is 0 Å². The van der Waals surface area contributed by atoms with E-state index >= 15 is 0 Å². The first-order chi connectivity index (χ1) is 8.08. The monoisotopic (exact) mass is 350 g/mol. The second-order valence-corrected chi connectivity index (χ2v) is 6.53. The van der Waals surface area contributed by atoms with Gasteiger partial charge >= 0.3 is 0 Å². The first-order valence-electron chi connectivity index (χ1n) is 4.94. The highest BCUT2D eigenvalue weighted by atomic mass is 79.9. The van der Waals surface area contributed by atoms with Crippen molar-refractivity contribution in [3.05, 3.63) is 54.6 Å². The molecule has 1 heterocycles. The number of hydrogen-bond acceptors (Lipinski definition) is 2. The summed E-state index contributed by atoms with van der Waals surface area (Å²) >= 11 is 16.7. The van der Waals surface area contributed by atoms with Crippen LogP contribution < -0.4 is 0 Å². The SMILES string of the molecule is OC(Cc1ccccc1Cl)c1cc(Br)c(Cl)s1. The number of benzene rings is 1. The lowest BCUT2D eigenvalue weighted by molar-refractivity contribution is 0.182. The summed E-state index contributed by atoms with van der Waals surface area (Å²) in [7, 11) is 0. The molecule has 0 amide bonds. The first-order valence-corrected chi connectivity index (χ1v) is 7.30. The molecule has 1 aromatic carbocycles. The van der Waals surface area contributed by atoms with Crippen molar-refractivity contribution in [2.24, 2.45) is 0 Å². The van der Waals surface area contributed by atoms with E-state index in [1.165, 1.54) is 11.3 Å². The summed E-state index contributed by atoms with van der Waals surface area (Å²) in [4.78, 5) is 0.835. The van der Waals surface area contributed by atoms with Gasteiger partial charge in [-0.1, -0.05) is 41.4 Å². The Morgan fingerprint density at radius 2 is 2.00 bits per heavy atom. The number of halogens is 3. The Balaban J connectivity index is 2.17. The fourth-order valence-electron chi connectivity index (χ4n) is 1.50. The standard InChI is InChI=1S/C12H9BrCl2OS/c13-8-6-11(17-12(8)15)10(16)5-7-3-1-2-4-9(7)14/h1-4,6,10,16H,5H2. The summed E-state index contributed by atoms with van der Waals surface area (Å²) in [5.74, 6) is 0. The average Bonchev–Trinajstić information content (AvgIpc) is 2.63. The molecule has 1 unspecified atom stereocenters. The number of thiophene rings is 1. The molecule has 0 radical (unpaired) electrons. The minimum absolute atomic E-state index is 0.489. The molecule has 0 saturated carbocycles. The van der Waals surface area contributed by atoms with Crippen LogP contribution in [-0.4, -0.2) is 5.11 Å². The van der Waals surface area contributed by atoms with Crippen LogP contribution in [-0.2, 0) is 6.42 Å². The third-order valence-electron chi connectivity index (χ3n) is 2.36. The predicted molar refractivity (Wildman–Crippen MR) is 77.1 cm³/mol. The van der Waals surface area contributed by atoms with E-state index in [4.69, 9.17) is 23.2 Å². The molecule has 1 nitrogen and oxygen atoms in total. The van der Waals surface area contributed by atoms with Crippen LogP contribution in [0, 0.1) is 0 Å². The molecule has 0 spiro atoms. The van der Waals surface area contributed by atoms with Gasteiger partial charge < -0.3 is 5.11 Å². The molecule has 0 aliphatic rings. The van der Waals surface area contributed by atoms with Crippen LogP contribution in [0.25, 0.3) is 0 Å². The third kappa shape index (κ3) is 3.24. The smallest absolute Gasteiger partial charge is 0.107 e. The molecule has 2 rings (SSSR count). The summed E-state index contributed by atoms with van der Waals surface area (Å²) in [5.41, 5.74) is 0.933. The van der Waals surface area contributed by atoms with Crippen molar-refractivity contribution in [2.45, 2.75) is 12.5 Å². The zero-order chi connectivity index (χ0) is 12.4. The second kappa shape index (κ2) is 5.72. The molecule has 0 aliphatic heterocycles. The van der Waals surface area contributed by atoms with Gasteiger partial charge in [0.1, 0.15) is 4.34 Å². The van der Waals surface area contributed by atoms with Crippen LogP contribution in [0.4, 0.5) is 0 Å². The summed E-state index contributed by atoms with van der Waals surface area (Å²) in [5, 5.41) is 10.8. The molecule has 1 atom stereocenters. The van der Waals surface area contributed by atoms with Gasteiger partial charge in [0, 0.05) is 20.8 Å². The van der Waals surface area contributed by atoms with Crippen molar-refractivity contribution < 1.29 is 5.11 Å². The molecular weight excluding hydrogens is 343 g/mol. The van der Waals surface area contributed by atoms with Gasteiger partial charge in [0.05, 0.1) is 6.10 Å². The maximum absolute atomic E-state index is 10.1. The molecule has 1 aromatic heterocycles. The number of rotatable bonds is 3. The second-order valence-electron chi connectivity index (χ2n) is 3.58. The van der Waals surface area contributed by atoms with Gasteiger partial charge in [-0.15, -0.1) is 11.3 Å². The summed E-state index contributed by atoms with van der Waals surface area (Å²) in [6.45, 7) is 0.